The lowest BCUT2D eigenvalue weighted by Crippen LogP contribution is -2.49. The Hall–Kier alpha value is -3.42. The number of benzene rings is 1. The highest BCUT2D eigenvalue weighted by molar-refractivity contribution is 5.83. The molecule has 4 rings (SSSR count). The van der Waals surface area contributed by atoms with Crippen LogP contribution in [0.3, 0.4) is 0 Å². The Labute approximate surface area is 166 Å². The van der Waals surface area contributed by atoms with Crippen LogP contribution in [0.4, 0.5) is 0 Å². The number of carbonyl (C=O) groups excluding carboxylic acids is 1. The van der Waals surface area contributed by atoms with E-state index >= 15 is 0 Å². The molecule has 0 aliphatic carbocycles. The summed E-state index contributed by atoms with van der Waals surface area (Å²) in [6, 6.07) is 10.9. The van der Waals surface area contributed by atoms with E-state index in [1.54, 1.807) is 24.1 Å². The molecule has 0 unspecified atom stereocenters. The predicted octanol–water partition coefficient (Wildman–Crippen LogP) is 1.52. The van der Waals surface area contributed by atoms with Crippen LogP contribution in [0.2, 0.25) is 0 Å². The molecular weight excluding hydrogens is 372 g/mol. The molecule has 1 fully saturated rings. The summed E-state index contributed by atoms with van der Waals surface area (Å²) in [6.45, 7) is 2.38. The van der Waals surface area contributed by atoms with Gasteiger partial charge in [-0.15, -0.1) is 0 Å². The summed E-state index contributed by atoms with van der Waals surface area (Å²) in [5.41, 5.74) is 0.883. The molecular formula is C21H22N4O4. The number of aryl methyl sites for hydroxylation is 1. The van der Waals surface area contributed by atoms with Gasteiger partial charge in [0.15, 0.2) is 5.65 Å². The minimum atomic E-state index is -0.988. The first-order valence-electron chi connectivity index (χ1n) is 9.55. The molecule has 1 saturated heterocycles. The van der Waals surface area contributed by atoms with Crippen molar-refractivity contribution in [3.05, 3.63) is 69.8 Å². The van der Waals surface area contributed by atoms with Crippen molar-refractivity contribution < 1.29 is 14.7 Å². The van der Waals surface area contributed by atoms with Gasteiger partial charge in [-0.3, -0.25) is 19.5 Å². The number of hydrogen-bond acceptors (Lipinski definition) is 4. The number of carboxylic acids is 1. The zero-order valence-electron chi connectivity index (χ0n) is 16.1. The third kappa shape index (κ3) is 3.20. The molecule has 3 heterocycles. The van der Waals surface area contributed by atoms with Gasteiger partial charge < -0.3 is 10.0 Å². The largest absolute Gasteiger partial charge is 0.481 e. The fourth-order valence-corrected chi connectivity index (χ4v) is 4.09. The number of carbonyl (C=O) groups is 2. The van der Waals surface area contributed by atoms with Crippen molar-refractivity contribution in [1.82, 2.24) is 19.5 Å². The van der Waals surface area contributed by atoms with Crippen LogP contribution in [0.1, 0.15) is 29.7 Å². The Bertz CT molecular complexity index is 1120. The quantitative estimate of drug-likeness (QED) is 0.698. The average Bonchev–Trinajstić information content (AvgIpc) is 3.20. The van der Waals surface area contributed by atoms with Crippen molar-refractivity contribution in [1.29, 1.82) is 0 Å². The monoisotopic (exact) mass is 394 g/mol. The van der Waals surface area contributed by atoms with Gasteiger partial charge in [-0.25, -0.2) is 9.50 Å². The molecule has 2 N–H and O–H groups in total. The number of nitrogens with one attached hydrogen (secondary N) is 1. The van der Waals surface area contributed by atoms with Gasteiger partial charge in [-0.05, 0) is 25.3 Å². The van der Waals surface area contributed by atoms with Crippen LogP contribution in [0, 0.1) is 6.92 Å². The number of amides is 1. The molecule has 150 valence electrons. The molecule has 8 heteroatoms. The number of fused-ring (bicyclic) bond motifs is 1. The van der Waals surface area contributed by atoms with Gasteiger partial charge in [0, 0.05) is 36.6 Å². The van der Waals surface area contributed by atoms with E-state index < -0.39 is 11.4 Å². The molecule has 1 aliphatic heterocycles. The predicted molar refractivity (Wildman–Crippen MR) is 106 cm³/mol. The van der Waals surface area contributed by atoms with E-state index in [2.05, 4.69) is 10.1 Å². The van der Waals surface area contributed by atoms with Crippen LogP contribution < -0.4 is 5.56 Å². The summed E-state index contributed by atoms with van der Waals surface area (Å²) >= 11 is 0. The highest BCUT2D eigenvalue weighted by atomic mass is 16.4. The van der Waals surface area contributed by atoms with E-state index in [1.165, 1.54) is 4.52 Å². The maximum absolute atomic E-state index is 12.9. The smallest absolute Gasteiger partial charge is 0.314 e. The Morgan fingerprint density at radius 1 is 1.17 bits per heavy atom. The molecule has 3 aromatic rings. The lowest BCUT2D eigenvalue weighted by molar-refractivity contribution is -0.148. The summed E-state index contributed by atoms with van der Waals surface area (Å²) in [5, 5.41) is 12.7. The number of rotatable bonds is 4. The van der Waals surface area contributed by atoms with Gasteiger partial charge in [0.2, 0.25) is 5.91 Å². The van der Waals surface area contributed by atoms with Crippen molar-refractivity contribution in [2.45, 2.75) is 31.6 Å². The van der Waals surface area contributed by atoms with Gasteiger partial charge in [-0.1, -0.05) is 30.3 Å². The first-order valence-corrected chi connectivity index (χ1v) is 9.55. The Balaban J connectivity index is 1.53. The number of aromatic amines is 1. The molecule has 1 amide bonds. The lowest BCUT2D eigenvalue weighted by atomic mass is 9.73. The second-order valence-corrected chi connectivity index (χ2v) is 7.45. The van der Waals surface area contributed by atoms with Crippen LogP contribution in [0.15, 0.2) is 47.4 Å². The lowest BCUT2D eigenvalue weighted by Gasteiger charge is -2.39. The molecule has 0 atom stereocenters. The molecule has 1 aliphatic rings. The maximum Gasteiger partial charge on any atom is 0.314 e. The van der Waals surface area contributed by atoms with Crippen LogP contribution >= 0.6 is 0 Å². The number of hydrogen-bond donors (Lipinski definition) is 2. The highest BCUT2D eigenvalue weighted by Gasteiger charge is 2.43. The third-order valence-electron chi connectivity index (χ3n) is 5.88. The number of nitrogens with zero attached hydrogens (tertiary/aromatic N) is 3. The van der Waals surface area contributed by atoms with E-state index in [9.17, 15) is 19.5 Å². The number of aliphatic carboxylic acids is 1. The zero-order chi connectivity index (χ0) is 20.6. The minimum Gasteiger partial charge on any atom is -0.481 e. The number of likely N-dealkylation sites (tertiary alicyclic amines) is 1. The Morgan fingerprint density at radius 2 is 1.86 bits per heavy atom. The van der Waals surface area contributed by atoms with Crippen molar-refractivity contribution in [2.75, 3.05) is 13.1 Å². The van der Waals surface area contributed by atoms with E-state index in [0.29, 0.717) is 42.8 Å². The van der Waals surface area contributed by atoms with Gasteiger partial charge >= 0.3 is 5.97 Å². The SMILES string of the molecule is Cc1nc2cc[nH]n2c(=O)c1CC(=O)N1CCC(C(=O)O)(c2ccccc2)CC1. The summed E-state index contributed by atoms with van der Waals surface area (Å²) < 4.78 is 1.32. The van der Waals surface area contributed by atoms with Gasteiger partial charge in [0.05, 0.1) is 11.8 Å². The summed E-state index contributed by atoms with van der Waals surface area (Å²) in [7, 11) is 0. The van der Waals surface area contributed by atoms with Crippen LogP contribution in [0.5, 0.6) is 0 Å². The van der Waals surface area contributed by atoms with Crippen LogP contribution in [0.25, 0.3) is 5.65 Å². The normalized spacial score (nSPS) is 16.1. The molecule has 29 heavy (non-hydrogen) atoms. The van der Waals surface area contributed by atoms with Crippen molar-refractivity contribution in [3.63, 3.8) is 0 Å². The van der Waals surface area contributed by atoms with Crippen LogP contribution in [-0.4, -0.2) is 49.6 Å². The van der Waals surface area contributed by atoms with E-state index in [-0.39, 0.29) is 17.9 Å². The zero-order valence-corrected chi connectivity index (χ0v) is 16.1. The van der Waals surface area contributed by atoms with Gasteiger partial charge in [-0.2, -0.15) is 0 Å². The van der Waals surface area contributed by atoms with Crippen molar-refractivity contribution in [2.24, 2.45) is 0 Å². The summed E-state index contributed by atoms with van der Waals surface area (Å²) in [6.07, 6.45) is 2.24. The first kappa shape index (κ1) is 18.9. The minimum absolute atomic E-state index is 0.0506. The fourth-order valence-electron chi connectivity index (χ4n) is 4.09. The molecule has 1 aromatic carbocycles. The fraction of sp³-hybridized carbons (Fsp3) is 0.333. The average molecular weight is 394 g/mol. The molecule has 8 nitrogen and oxygen atoms in total. The standard InChI is InChI=1S/C21H22N4O4/c1-14-16(19(27)25-17(23-14)7-10-22-25)13-18(26)24-11-8-21(9-12-24,20(28)29)15-5-3-2-4-6-15/h2-7,10,22H,8-9,11-13H2,1H3,(H,28,29). The van der Waals surface area contributed by atoms with Gasteiger partial charge in [0.25, 0.3) is 5.56 Å². The number of carboxylic acid groups (broad SMARTS) is 1. The van der Waals surface area contributed by atoms with E-state index in [4.69, 9.17) is 0 Å². The van der Waals surface area contributed by atoms with Gasteiger partial charge in [0.1, 0.15) is 0 Å². The molecule has 2 aromatic heterocycles. The van der Waals surface area contributed by atoms with Crippen LogP contribution in [-0.2, 0) is 21.4 Å². The third-order valence-corrected chi connectivity index (χ3v) is 5.88. The first-order chi connectivity index (χ1) is 13.9. The van der Waals surface area contributed by atoms with Crippen molar-refractivity contribution in [3.8, 4) is 0 Å². The number of piperidine rings is 1. The summed E-state index contributed by atoms with van der Waals surface area (Å²) in [5.74, 6) is -1.06. The number of aromatic nitrogens is 3. The number of H-pyrrole nitrogens is 1. The molecule has 0 saturated carbocycles. The molecule has 0 bridgehead atoms. The molecule has 0 spiro atoms. The second kappa shape index (κ2) is 7.20. The highest BCUT2D eigenvalue weighted by Crippen LogP contribution is 2.36. The second-order valence-electron chi connectivity index (χ2n) is 7.45. The Morgan fingerprint density at radius 3 is 2.52 bits per heavy atom. The Kier molecular flexibility index (Phi) is 4.70. The maximum atomic E-state index is 12.9. The van der Waals surface area contributed by atoms with E-state index in [0.717, 1.165) is 5.56 Å². The topological polar surface area (TPSA) is 108 Å². The molecule has 0 radical (unpaired) electrons. The van der Waals surface area contributed by atoms with Crippen molar-refractivity contribution >= 4 is 17.5 Å². The van der Waals surface area contributed by atoms with E-state index in [1.807, 2.05) is 30.3 Å². The summed E-state index contributed by atoms with van der Waals surface area (Å²) in [4.78, 5) is 43.6.